The van der Waals surface area contributed by atoms with E-state index in [-0.39, 0.29) is 17.9 Å². The predicted molar refractivity (Wildman–Crippen MR) is 91.7 cm³/mol. The van der Waals surface area contributed by atoms with Crippen molar-refractivity contribution >= 4 is 23.3 Å². The zero-order valence-electron chi connectivity index (χ0n) is 13.9. The van der Waals surface area contributed by atoms with E-state index in [9.17, 15) is 9.59 Å². The van der Waals surface area contributed by atoms with Crippen LogP contribution in [-0.2, 0) is 11.2 Å². The summed E-state index contributed by atoms with van der Waals surface area (Å²) in [4.78, 5) is 26.0. The SMILES string of the molecule is CC(C)CCNC(=O)Nc1ccc2c(c1)CCN2C(=O)C1CC1. The van der Waals surface area contributed by atoms with Crippen LogP contribution in [0.5, 0.6) is 0 Å². The minimum Gasteiger partial charge on any atom is -0.338 e. The van der Waals surface area contributed by atoms with Gasteiger partial charge in [0, 0.05) is 30.4 Å². The van der Waals surface area contributed by atoms with Crippen molar-refractivity contribution in [3.8, 4) is 0 Å². The van der Waals surface area contributed by atoms with E-state index in [1.807, 2.05) is 23.1 Å². The lowest BCUT2D eigenvalue weighted by Crippen LogP contribution is -2.30. The van der Waals surface area contributed by atoms with Crippen molar-refractivity contribution in [3.05, 3.63) is 23.8 Å². The van der Waals surface area contributed by atoms with Gasteiger partial charge in [0.2, 0.25) is 5.91 Å². The van der Waals surface area contributed by atoms with E-state index in [1.165, 1.54) is 0 Å². The number of carbonyl (C=O) groups excluding carboxylic acids is 2. The van der Waals surface area contributed by atoms with Crippen LogP contribution in [0.2, 0.25) is 0 Å². The fraction of sp³-hybridized carbons (Fsp3) is 0.556. The molecule has 0 atom stereocenters. The normalized spacial score (nSPS) is 16.4. The number of benzene rings is 1. The largest absolute Gasteiger partial charge is 0.338 e. The molecular weight excluding hydrogens is 290 g/mol. The van der Waals surface area contributed by atoms with Gasteiger partial charge >= 0.3 is 6.03 Å². The van der Waals surface area contributed by atoms with E-state index < -0.39 is 0 Å². The van der Waals surface area contributed by atoms with Gasteiger partial charge in [-0.05, 0) is 55.4 Å². The van der Waals surface area contributed by atoms with E-state index in [1.54, 1.807) is 0 Å². The monoisotopic (exact) mass is 315 g/mol. The molecule has 0 aromatic heterocycles. The Morgan fingerprint density at radius 2 is 2.09 bits per heavy atom. The molecule has 0 saturated heterocycles. The Bertz CT molecular complexity index is 608. The Morgan fingerprint density at radius 3 is 2.78 bits per heavy atom. The first-order valence-electron chi connectivity index (χ1n) is 8.53. The smallest absolute Gasteiger partial charge is 0.319 e. The first kappa shape index (κ1) is 15.8. The number of nitrogens with one attached hydrogen (secondary N) is 2. The maximum atomic E-state index is 12.3. The topological polar surface area (TPSA) is 61.4 Å². The van der Waals surface area contributed by atoms with Gasteiger partial charge in [0.1, 0.15) is 0 Å². The molecule has 1 aliphatic carbocycles. The fourth-order valence-electron chi connectivity index (χ4n) is 2.91. The van der Waals surface area contributed by atoms with Gasteiger partial charge < -0.3 is 15.5 Å². The van der Waals surface area contributed by atoms with Crippen LogP contribution in [0.15, 0.2) is 18.2 Å². The van der Waals surface area contributed by atoms with Crippen LogP contribution in [-0.4, -0.2) is 25.0 Å². The number of rotatable bonds is 5. The number of nitrogens with zero attached hydrogens (tertiary/aromatic N) is 1. The Balaban J connectivity index is 1.58. The Kier molecular flexibility index (Phi) is 4.55. The van der Waals surface area contributed by atoms with Crippen molar-refractivity contribution in [2.75, 3.05) is 23.3 Å². The summed E-state index contributed by atoms with van der Waals surface area (Å²) in [5.74, 6) is 1.08. The second-order valence-corrected chi connectivity index (χ2v) is 6.92. The molecular formula is C18H25N3O2. The van der Waals surface area contributed by atoms with Crippen molar-refractivity contribution in [2.24, 2.45) is 11.8 Å². The molecule has 5 nitrogen and oxygen atoms in total. The van der Waals surface area contributed by atoms with Crippen molar-refractivity contribution in [1.29, 1.82) is 0 Å². The molecule has 124 valence electrons. The van der Waals surface area contributed by atoms with Crippen LogP contribution in [0.4, 0.5) is 16.2 Å². The van der Waals surface area contributed by atoms with E-state index in [0.29, 0.717) is 12.5 Å². The number of carbonyl (C=O) groups is 2. The summed E-state index contributed by atoms with van der Waals surface area (Å²) < 4.78 is 0. The highest BCUT2D eigenvalue weighted by molar-refractivity contribution is 5.99. The molecule has 1 heterocycles. The van der Waals surface area contributed by atoms with Gasteiger partial charge in [0.25, 0.3) is 0 Å². The highest BCUT2D eigenvalue weighted by Gasteiger charge is 2.36. The molecule has 1 aliphatic heterocycles. The van der Waals surface area contributed by atoms with Gasteiger partial charge in [-0.2, -0.15) is 0 Å². The summed E-state index contributed by atoms with van der Waals surface area (Å²) in [6.07, 6.45) is 3.88. The fourth-order valence-corrected chi connectivity index (χ4v) is 2.91. The maximum absolute atomic E-state index is 12.3. The highest BCUT2D eigenvalue weighted by Crippen LogP contribution is 2.37. The lowest BCUT2D eigenvalue weighted by atomic mass is 10.1. The van der Waals surface area contributed by atoms with Crippen LogP contribution in [0.3, 0.4) is 0 Å². The maximum Gasteiger partial charge on any atom is 0.319 e. The van der Waals surface area contributed by atoms with E-state index in [4.69, 9.17) is 0 Å². The number of anilines is 2. The lowest BCUT2D eigenvalue weighted by molar-refractivity contribution is -0.119. The molecule has 0 radical (unpaired) electrons. The Labute approximate surface area is 137 Å². The summed E-state index contributed by atoms with van der Waals surface area (Å²) in [6, 6.07) is 5.64. The minimum absolute atomic E-state index is 0.172. The summed E-state index contributed by atoms with van der Waals surface area (Å²) in [7, 11) is 0. The van der Waals surface area contributed by atoms with Crippen molar-refractivity contribution in [3.63, 3.8) is 0 Å². The summed E-state index contributed by atoms with van der Waals surface area (Å²) in [6.45, 7) is 5.70. The van der Waals surface area contributed by atoms with Gasteiger partial charge in [-0.15, -0.1) is 0 Å². The average molecular weight is 315 g/mol. The molecule has 1 fully saturated rings. The molecule has 0 unspecified atom stereocenters. The molecule has 0 bridgehead atoms. The molecule has 2 aliphatic rings. The molecule has 2 N–H and O–H groups in total. The van der Waals surface area contributed by atoms with Crippen molar-refractivity contribution in [2.45, 2.75) is 39.5 Å². The third kappa shape index (κ3) is 3.84. The molecule has 3 rings (SSSR count). The number of hydrogen-bond donors (Lipinski definition) is 2. The van der Waals surface area contributed by atoms with Gasteiger partial charge in [0.15, 0.2) is 0 Å². The third-order valence-corrected chi connectivity index (χ3v) is 4.43. The Hall–Kier alpha value is -2.04. The molecule has 1 aromatic rings. The van der Waals surface area contributed by atoms with Crippen molar-refractivity contribution in [1.82, 2.24) is 5.32 Å². The van der Waals surface area contributed by atoms with Gasteiger partial charge in [-0.1, -0.05) is 13.8 Å². The van der Waals surface area contributed by atoms with Crippen LogP contribution >= 0.6 is 0 Å². The quantitative estimate of drug-likeness (QED) is 0.877. The zero-order valence-corrected chi connectivity index (χ0v) is 13.9. The second kappa shape index (κ2) is 6.60. The number of hydrogen-bond acceptors (Lipinski definition) is 2. The minimum atomic E-state index is -0.172. The lowest BCUT2D eigenvalue weighted by Gasteiger charge is -2.17. The third-order valence-electron chi connectivity index (χ3n) is 4.43. The average Bonchev–Trinajstić information content (AvgIpc) is 3.26. The number of urea groups is 1. The highest BCUT2D eigenvalue weighted by atomic mass is 16.2. The van der Waals surface area contributed by atoms with Crippen LogP contribution in [0.25, 0.3) is 0 Å². The predicted octanol–water partition coefficient (Wildman–Crippen LogP) is 3.15. The first-order chi connectivity index (χ1) is 11.0. The first-order valence-corrected chi connectivity index (χ1v) is 8.53. The van der Waals surface area contributed by atoms with Crippen molar-refractivity contribution < 1.29 is 9.59 Å². The van der Waals surface area contributed by atoms with Crippen LogP contribution in [0.1, 0.15) is 38.7 Å². The second-order valence-electron chi connectivity index (χ2n) is 6.92. The van der Waals surface area contributed by atoms with Crippen LogP contribution in [0, 0.1) is 11.8 Å². The molecule has 5 heteroatoms. The molecule has 3 amide bonds. The summed E-state index contributed by atoms with van der Waals surface area (Å²) >= 11 is 0. The summed E-state index contributed by atoms with van der Waals surface area (Å²) in [5, 5.41) is 5.74. The molecule has 0 spiro atoms. The number of amides is 3. The van der Waals surface area contributed by atoms with Crippen LogP contribution < -0.4 is 15.5 Å². The van der Waals surface area contributed by atoms with E-state index in [0.717, 1.165) is 49.2 Å². The standard InChI is InChI=1S/C18H25N3O2/c1-12(2)7-9-19-18(23)20-15-5-6-16-14(11-15)8-10-21(16)17(22)13-3-4-13/h5-6,11-13H,3-4,7-10H2,1-2H3,(H2,19,20,23). The van der Waals surface area contributed by atoms with Gasteiger partial charge in [-0.25, -0.2) is 4.79 Å². The summed E-state index contributed by atoms with van der Waals surface area (Å²) in [5.41, 5.74) is 2.93. The van der Waals surface area contributed by atoms with Gasteiger partial charge in [-0.3, -0.25) is 4.79 Å². The Morgan fingerprint density at radius 1 is 1.30 bits per heavy atom. The molecule has 23 heavy (non-hydrogen) atoms. The number of fused-ring (bicyclic) bond motifs is 1. The van der Waals surface area contributed by atoms with Gasteiger partial charge in [0.05, 0.1) is 0 Å². The van der Waals surface area contributed by atoms with E-state index >= 15 is 0 Å². The zero-order chi connectivity index (χ0) is 16.4. The molecule has 1 saturated carbocycles. The molecule has 1 aromatic carbocycles. The van der Waals surface area contributed by atoms with E-state index in [2.05, 4.69) is 24.5 Å².